The molecule has 32 heavy (non-hydrogen) atoms. The smallest absolute Gasteiger partial charge is 0.310 e. The Kier molecular flexibility index (Phi) is 5.79. The highest BCUT2D eigenvalue weighted by Crippen LogP contribution is 2.40. The van der Waals surface area contributed by atoms with Gasteiger partial charge in [-0.05, 0) is 38.5 Å². The van der Waals surface area contributed by atoms with Gasteiger partial charge in [-0.2, -0.15) is 0 Å². The number of likely N-dealkylation sites (tertiary alicyclic amines) is 1. The molecular formula is C24H29N3O5. The predicted octanol–water partition coefficient (Wildman–Crippen LogP) is 2.53. The highest BCUT2D eigenvalue weighted by molar-refractivity contribution is 5.84. The summed E-state index contributed by atoms with van der Waals surface area (Å²) in [6, 6.07) is 9.27. The van der Waals surface area contributed by atoms with Crippen LogP contribution in [0.5, 0.6) is 5.75 Å². The van der Waals surface area contributed by atoms with Gasteiger partial charge in [0, 0.05) is 43.8 Å². The SMILES string of the molecule is COc1ccc([C@@H]2CN(C(=O)C[C@H]3CC(C)(C)OC3=O)C[C@H]2c2cc(=O)[nH]c(C)n2)cc1. The van der Waals surface area contributed by atoms with E-state index in [1.807, 2.05) is 38.1 Å². The number of aromatic amines is 1. The van der Waals surface area contributed by atoms with E-state index in [9.17, 15) is 14.4 Å². The van der Waals surface area contributed by atoms with Gasteiger partial charge in [0.15, 0.2) is 0 Å². The van der Waals surface area contributed by atoms with E-state index in [0.29, 0.717) is 31.0 Å². The number of aromatic nitrogens is 2. The number of benzene rings is 1. The number of nitrogens with zero attached hydrogens (tertiary/aromatic N) is 2. The first kappa shape index (κ1) is 22.0. The Morgan fingerprint density at radius 2 is 1.91 bits per heavy atom. The summed E-state index contributed by atoms with van der Waals surface area (Å²) < 4.78 is 10.7. The number of hydrogen-bond donors (Lipinski definition) is 1. The zero-order chi connectivity index (χ0) is 23.0. The number of hydrogen-bond acceptors (Lipinski definition) is 6. The number of esters is 1. The molecule has 0 aliphatic carbocycles. The van der Waals surface area contributed by atoms with Gasteiger partial charge in [-0.1, -0.05) is 12.1 Å². The topological polar surface area (TPSA) is 102 Å². The summed E-state index contributed by atoms with van der Waals surface area (Å²) in [6.45, 7) is 6.41. The molecule has 2 aliphatic heterocycles. The lowest BCUT2D eigenvalue weighted by atomic mass is 9.86. The summed E-state index contributed by atoms with van der Waals surface area (Å²) >= 11 is 0. The fourth-order valence-corrected chi connectivity index (χ4v) is 4.86. The lowest BCUT2D eigenvalue weighted by molar-refractivity contribution is -0.150. The zero-order valence-corrected chi connectivity index (χ0v) is 18.9. The standard InChI is InChI=1S/C24H29N3O5/c1-14-25-20(10-21(28)26-14)19-13-27(12-18(19)15-5-7-17(31-4)8-6-15)22(29)9-16-11-24(2,3)32-23(16)30/h5-8,10,16,18-19H,9,11-13H2,1-4H3,(H,25,26,28)/t16-,18-,19+/m0/s1. The molecule has 2 fully saturated rings. The van der Waals surface area contributed by atoms with Crippen LogP contribution in [0.1, 0.15) is 55.6 Å². The predicted molar refractivity (Wildman–Crippen MR) is 118 cm³/mol. The minimum Gasteiger partial charge on any atom is -0.497 e. The number of nitrogens with one attached hydrogen (secondary N) is 1. The molecule has 0 unspecified atom stereocenters. The quantitative estimate of drug-likeness (QED) is 0.719. The lowest BCUT2D eigenvalue weighted by Crippen LogP contribution is -2.31. The van der Waals surface area contributed by atoms with Crippen LogP contribution in [0.4, 0.5) is 0 Å². The fraction of sp³-hybridized carbons (Fsp3) is 0.500. The summed E-state index contributed by atoms with van der Waals surface area (Å²) in [5, 5.41) is 0. The number of amides is 1. The van der Waals surface area contributed by atoms with Gasteiger partial charge in [-0.3, -0.25) is 14.4 Å². The molecule has 0 saturated carbocycles. The van der Waals surface area contributed by atoms with Crippen LogP contribution in [0, 0.1) is 12.8 Å². The van der Waals surface area contributed by atoms with Crippen LogP contribution in [0.15, 0.2) is 35.1 Å². The summed E-state index contributed by atoms with van der Waals surface area (Å²) in [4.78, 5) is 46.5. The first-order valence-corrected chi connectivity index (χ1v) is 10.9. The number of H-pyrrole nitrogens is 1. The van der Waals surface area contributed by atoms with Crippen LogP contribution in [0.3, 0.4) is 0 Å². The lowest BCUT2D eigenvalue weighted by Gasteiger charge is -2.18. The van der Waals surface area contributed by atoms with Crippen LogP contribution in [-0.2, 0) is 14.3 Å². The molecule has 8 nitrogen and oxygen atoms in total. The van der Waals surface area contributed by atoms with Crippen molar-refractivity contribution in [1.82, 2.24) is 14.9 Å². The van der Waals surface area contributed by atoms with E-state index in [1.54, 1.807) is 18.9 Å². The third-order valence-corrected chi connectivity index (χ3v) is 6.35. The Balaban J connectivity index is 1.59. The second-order valence-electron chi connectivity index (χ2n) is 9.33. The molecule has 4 rings (SSSR count). The van der Waals surface area contributed by atoms with Crippen molar-refractivity contribution >= 4 is 11.9 Å². The van der Waals surface area contributed by atoms with E-state index in [0.717, 1.165) is 11.3 Å². The average Bonchev–Trinajstić information content (AvgIpc) is 3.28. The van der Waals surface area contributed by atoms with Crippen LogP contribution in [0.25, 0.3) is 0 Å². The number of carbonyl (C=O) groups excluding carboxylic acids is 2. The van der Waals surface area contributed by atoms with Crippen molar-refractivity contribution in [2.24, 2.45) is 5.92 Å². The zero-order valence-electron chi connectivity index (χ0n) is 18.9. The molecule has 8 heteroatoms. The van der Waals surface area contributed by atoms with Crippen LogP contribution < -0.4 is 10.3 Å². The molecule has 0 spiro atoms. The van der Waals surface area contributed by atoms with E-state index in [1.165, 1.54) is 6.07 Å². The molecule has 1 aromatic carbocycles. The fourth-order valence-electron chi connectivity index (χ4n) is 4.86. The van der Waals surface area contributed by atoms with E-state index < -0.39 is 11.5 Å². The molecule has 170 valence electrons. The highest BCUT2D eigenvalue weighted by atomic mass is 16.6. The third kappa shape index (κ3) is 4.54. The van der Waals surface area contributed by atoms with Crippen LogP contribution in [0.2, 0.25) is 0 Å². The molecule has 2 aliphatic rings. The molecule has 3 heterocycles. The van der Waals surface area contributed by atoms with E-state index in [2.05, 4.69) is 9.97 Å². The van der Waals surface area contributed by atoms with Gasteiger partial charge in [-0.25, -0.2) is 4.98 Å². The number of rotatable bonds is 5. The van der Waals surface area contributed by atoms with Gasteiger partial charge in [0.25, 0.3) is 5.56 Å². The van der Waals surface area contributed by atoms with E-state index >= 15 is 0 Å². The van der Waals surface area contributed by atoms with Crippen molar-refractivity contribution in [3.63, 3.8) is 0 Å². The van der Waals surface area contributed by atoms with Crippen molar-refractivity contribution < 1.29 is 19.1 Å². The Hall–Kier alpha value is -3.16. The summed E-state index contributed by atoms with van der Waals surface area (Å²) in [5.41, 5.74) is 0.978. The summed E-state index contributed by atoms with van der Waals surface area (Å²) in [5.74, 6) is 0.345. The number of carbonyl (C=O) groups is 2. The Bertz CT molecular complexity index is 1080. The Morgan fingerprint density at radius 1 is 1.22 bits per heavy atom. The minimum absolute atomic E-state index is 0.0227. The molecule has 1 N–H and O–H groups in total. The van der Waals surface area contributed by atoms with Crippen molar-refractivity contribution in [1.29, 1.82) is 0 Å². The third-order valence-electron chi connectivity index (χ3n) is 6.35. The first-order valence-electron chi connectivity index (χ1n) is 10.9. The molecule has 0 bridgehead atoms. The first-order chi connectivity index (χ1) is 15.1. The van der Waals surface area contributed by atoms with Crippen molar-refractivity contribution in [3.8, 4) is 5.75 Å². The second-order valence-corrected chi connectivity index (χ2v) is 9.33. The molecule has 1 amide bonds. The number of aryl methyl sites for hydroxylation is 1. The van der Waals surface area contributed by atoms with Gasteiger partial charge in [0.1, 0.15) is 17.2 Å². The second kappa shape index (κ2) is 8.41. The van der Waals surface area contributed by atoms with E-state index in [-0.39, 0.29) is 35.7 Å². The van der Waals surface area contributed by atoms with Crippen molar-refractivity contribution in [3.05, 3.63) is 57.8 Å². The molecular weight excluding hydrogens is 410 g/mol. The number of cyclic esters (lactones) is 1. The van der Waals surface area contributed by atoms with Crippen molar-refractivity contribution in [2.75, 3.05) is 20.2 Å². The Labute approximate surface area is 186 Å². The van der Waals surface area contributed by atoms with Gasteiger partial charge >= 0.3 is 5.97 Å². The van der Waals surface area contributed by atoms with Gasteiger partial charge < -0.3 is 19.4 Å². The van der Waals surface area contributed by atoms with Gasteiger partial charge in [0.2, 0.25) is 5.91 Å². The molecule has 3 atom stereocenters. The highest BCUT2D eigenvalue weighted by Gasteiger charge is 2.43. The normalized spacial score (nSPS) is 24.4. The number of ether oxygens (including phenoxy) is 2. The Morgan fingerprint density at radius 3 is 2.50 bits per heavy atom. The maximum atomic E-state index is 13.2. The molecule has 0 radical (unpaired) electrons. The monoisotopic (exact) mass is 439 g/mol. The van der Waals surface area contributed by atoms with E-state index in [4.69, 9.17) is 9.47 Å². The molecule has 2 saturated heterocycles. The molecule has 2 aromatic rings. The maximum absolute atomic E-state index is 13.2. The van der Waals surface area contributed by atoms with Crippen LogP contribution >= 0.6 is 0 Å². The minimum atomic E-state index is -0.534. The largest absolute Gasteiger partial charge is 0.497 e. The van der Waals surface area contributed by atoms with Gasteiger partial charge in [-0.15, -0.1) is 0 Å². The molecule has 1 aromatic heterocycles. The van der Waals surface area contributed by atoms with Gasteiger partial charge in [0.05, 0.1) is 18.7 Å². The van der Waals surface area contributed by atoms with Crippen LogP contribution in [-0.4, -0.2) is 52.5 Å². The maximum Gasteiger partial charge on any atom is 0.310 e. The van der Waals surface area contributed by atoms with Crippen molar-refractivity contribution in [2.45, 2.75) is 51.0 Å². The summed E-state index contributed by atoms with van der Waals surface area (Å²) in [6.07, 6.45) is 0.664. The summed E-state index contributed by atoms with van der Waals surface area (Å²) in [7, 11) is 1.62. The average molecular weight is 440 g/mol. The number of methoxy groups -OCH3 is 1.